The minimum Gasteiger partial charge on any atom is -0.507 e. The lowest BCUT2D eigenvalue weighted by atomic mass is 10.1. The van der Waals surface area contributed by atoms with Crippen LogP contribution in [-0.2, 0) is 4.84 Å². The van der Waals surface area contributed by atoms with Crippen LogP contribution in [-0.4, -0.2) is 17.9 Å². The van der Waals surface area contributed by atoms with Crippen molar-refractivity contribution in [2.24, 2.45) is 5.16 Å². The third kappa shape index (κ3) is 1.75. The minimum absolute atomic E-state index is 0.218. The van der Waals surface area contributed by atoms with Crippen LogP contribution < -0.4 is 0 Å². The van der Waals surface area contributed by atoms with E-state index in [1.54, 1.807) is 25.1 Å². The average Bonchev–Trinajstić information content (AvgIpc) is 2.05. The van der Waals surface area contributed by atoms with Gasteiger partial charge in [0.15, 0.2) is 0 Å². The molecule has 0 unspecified atom stereocenters. The van der Waals surface area contributed by atoms with Crippen LogP contribution in [0.3, 0.4) is 0 Å². The van der Waals surface area contributed by atoms with E-state index in [1.165, 1.54) is 7.11 Å². The molecule has 0 aliphatic carbocycles. The Bertz CT molecular complexity index is 294. The van der Waals surface area contributed by atoms with Gasteiger partial charge in [-0.25, -0.2) is 0 Å². The Morgan fingerprint density at radius 2 is 2.08 bits per heavy atom. The van der Waals surface area contributed by atoms with Crippen molar-refractivity contribution in [3.63, 3.8) is 0 Å². The second kappa shape index (κ2) is 3.76. The molecule has 0 aliphatic rings. The van der Waals surface area contributed by atoms with E-state index in [9.17, 15) is 5.11 Å². The molecule has 0 radical (unpaired) electrons. The van der Waals surface area contributed by atoms with Crippen molar-refractivity contribution in [2.75, 3.05) is 7.11 Å². The highest BCUT2D eigenvalue weighted by atomic mass is 16.6. The van der Waals surface area contributed by atoms with Crippen LogP contribution in [0.4, 0.5) is 0 Å². The van der Waals surface area contributed by atoms with E-state index in [0.717, 1.165) is 0 Å². The number of hydrogen-bond acceptors (Lipinski definition) is 3. The van der Waals surface area contributed by atoms with E-state index >= 15 is 0 Å². The number of aromatic hydroxyl groups is 1. The van der Waals surface area contributed by atoms with Crippen LogP contribution in [0, 0.1) is 0 Å². The van der Waals surface area contributed by atoms with Crippen molar-refractivity contribution in [1.82, 2.24) is 0 Å². The maximum atomic E-state index is 9.37. The van der Waals surface area contributed by atoms with E-state index in [1.807, 2.05) is 6.07 Å². The van der Waals surface area contributed by atoms with Crippen LogP contribution in [0.15, 0.2) is 29.4 Å². The smallest absolute Gasteiger partial charge is 0.124 e. The first-order valence-corrected chi connectivity index (χ1v) is 3.62. The monoisotopic (exact) mass is 165 g/mol. The Hall–Kier alpha value is -1.51. The number of oxime groups is 1. The highest BCUT2D eigenvalue weighted by Crippen LogP contribution is 2.16. The zero-order valence-corrected chi connectivity index (χ0v) is 7.11. The van der Waals surface area contributed by atoms with Crippen LogP contribution in [0.2, 0.25) is 0 Å². The van der Waals surface area contributed by atoms with Crippen LogP contribution in [0.25, 0.3) is 0 Å². The molecule has 0 saturated carbocycles. The molecular weight excluding hydrogens is 154 g/mol. The third-order valence-electron chi connectivity index (χ3n) is 1.52. The summed E-state index contributed by atoms with van der Waals surface area (Å²) in [6.45, 7) is 1.78. The summed E-state index contributed by atoms with van der Waals surface area (Å²) >= 11 is 0. The van der Waals surface area contributed by atoms with Gasteiger partial charge in [-0.05, 0) is 19.1 Å². The third-order valence-corrected chi connectivity index (χ3v) is 1.52. The van der Waals surface area contributed by atoms with Gasteiger partial charge in [0.25, 0.3) is 0 Å². The highest BCUT2D eigenvalue weighted by Gasteiger charge is 2.02. The average molecular weight is 165 g/mol. The SMILES string of the molecule is CON=C(C)c1ccccc1O. The summed E-state index contributed by atoms with van der Waals surface area (Å²) in [5, 5.41) is 13.1. The predicted octanol–water partition coefficient (Wildman–Crippen LogP) is 1.76. The molecule has 3 nitrogen and oxygen atoms in total. The van der Waals surface area contributed by atoms with E-state index in [-0.39, 0.29) is 5.75 Å². The quantitative estimate of drug-likeness (QED) is 0.536. The fourth-order valence-corrected chi connectivity index (χ4v) is 0.966. The normalized spacial score (nSPS) is 11.3. The summed E-state index contributed by atoms with van der Waals surface area (Å²) in [6, 6.07) is 7.00. The van der Waals surface area contributed by atoms with E-state index in [4.69, 9.17) is 0 Å². The lowest BCUT2D eigenvalue weighted by Crippen LogP contribution is -1.95. The van der Waals surface area contributed by atoms with Gasteiger partial charge in [-0.3, -0.25) is 0 Å². The lowest BCUT2D eigenvalue weighted by molar-refractivity contribution is 0.213. The largest absolute Gasteiger partial charge is 0.507 e. The summed E-state index contributed by atoms with van der Waals surface area (Å²) < 4.78 is 0. The van der Waals surface area contributed by atoms with Gasteiger partial charge in [-0.15, -0.1) is 0 Å². The first kappa shape index (κ1) is 8.59. The summed E-state index contributed by atoms with van der Waals surface area (Å²) in [7, 11) is 1.48. The van der Waals surface area contributed by atoms with E-state index in [2.05, 4.69) is 9.99 Å². The second-order valence-corrected chi connectivity index (χ2v) is 2.38. The van der Waals surface area contributed by atoms with Crippen molar-refractivity contribution in [3.05, 3.63) is 29.8 Å². The molecule has 0 aromatic heterocycles. The maximum Gasteiger partial charge on any atom is 0.124 e. The lowest BCUT2D eigenvalue weighted by Gasteiger charge is -2.01. The number of para-hydroxylation sites is 1. The Kier molecular flexibility index (Phi) is 2.69. The molecule has 0 bridgehead atoms. The number of hydrogen-bond donors (Lipinski definition) is 1. The molecule has 64 valence electrons. The Labute approximate surface area is 71.3 Å². The van der Waals surface area contributed by atoms with E-state index < -0.39 is 0 Å². The van der Waals surface area contributed by atoms with E-state index in [0.29, 0.717) is 11.3 Å². The molecule has 1 rings (SSSR count). The van der Waals surface area contributed by atoms with Crippen LogP contribution >= 0.6 is 0 Å². The van der Waals surface area contributed by atoms with Crippen molar-refractivity contribution in [3.8, 4) is 5.75 Å². The fourth-order valence-electron chi connectivity index (χ4n) is 0.966. The van der Waals surface area contributed by atoms with Crippen LogP contribution in [0.5, 0.6) is 5.75 Å². The summed E-state index contributed by atoms with van der Waals surface area (Å²) in [4.78, 5) is 4.59. The first-order chi connectivity index (χ1) is 5.75. The number of rotatable bonds is 2. The predicted molar refractivity (Wildman–Crippen MR) is 47.3 cm³/mol. The van der Waals surface area contributed by atoms with Gasteiger partial charge in [0, 0.05) is 5.56 Å². The molecule has 0 spiro atoms. The molecule has 1 aromatic carbocycles. The Morgan fingerprint density at radius 1 is 1.42 bits per heavy atom. The molecule has 0 fully saturated rings. The fraction of sp³-hybridized carbons (Fsp3) is 0.222. The minimum atomic E-state index is 0.218. The number of nitrogens with zero attached hydrogens (tertiary/aromatic N) is 1. The highest BCUT2D eigenvalue weighted by molar-refractivity contribution is 6.00. The number of phenolic OH excluding ortho intramolecular Hbond substituents is 1. The van der Waals surface area contributed by atoms with Gasteiger partial charge >= 0.3 is 0 Å². The molecule has 1 aromatic rings. The van der Waals surface area contributed by atoms with Crippen molar-refractivity contribution < 1.29 is 9.94 Å². The van der Waals surface area contributed by atoms with Gasteiger partial charge in [-0.2, -0.15) is 0 Å². The maximum absolute atomic E-state index is 9.37. The summed E-state index contributed by atoms with van der Waals surface area (Å²) in [5.41, 5.74) is 1.36. The number of benzene rings is 1. The molecule has 12 heavy (non-hydrogen) atoms. The van der Waals surface area contributed by atoms with Gasteiger partial charge in [0.2, 0.25) is 0 Å². The topological polar surface area (TPSA) is 41.8 Å². The molecule has 0 atom stereocenters. The van der Waals surface area contributed by atoms with Gasteiger partial charge in [-0.1, -0.05) is 17.3 Å². The van der Waals surface area contributed by atoms with Gasteiger partial charge in [0.05, 0.1) is 5.71 Å². The second-order valence-electron chi connectivity index (χ2n) is 2.38. The zero-order valence-electron chi connectivity index (χ0n) is 7.11. The Morgan fingerprint density at radius 3 is 2.67 bits per heavy atom. The molecule has 0 aliphatic heterocycles. The van der Waals surface area contributed by atoms with Gasteiger partial charge < -0.3 is 9.94 Å². The summed E-state index contributed by atoms with van der Waals surface area (Å²) in [6.07, 6.45) is 0. The van der Waals surface area contributed by atoms with Crippen molar-refractivity contribution in [2.45, 2.75) is 6.92 Å². The van der Waals surface area contributed by atoms with Crippen molar-refractivity contribution in [1.29, 1.82) is 0 Å². The molecule has 3 heteroatoms. The molecule has 1 N–H and O–H groups in total. The van der Waals surface area contributed by atoms with Crippen molar-refractivity contribution >= 4 is 5.71 Å². The molecule has 0 heterocycles. The van der Waals surface area contributed by atoms with Crippen LogP contribution in [0.1, 0.15) is 12.5 Å². The van der Waals surface area contributed by atoms with Gasteiger partial charge in [0.1, 0.15) is 12.9 Å². The summed E-state index contributed by atoms with van der Waals surface area (Å²) in [5.74, 6) is 0.218. The standard InChI is InChI=1S/C9H11NO2/c1-7(10-12-2)8-5-3-4-6-9(8)11/h3-6,11H,1-2H3. The molecular formula is C9H11NO2. The Balaban J connectivity index is 3.02. The first-order valence-electron chi connectivity index (χ1n) is 3.62. The molecule has 0 amide bonds. The number of phenols is 1. The zero-order chi connectivity index (χ0) is 8.97. The molecule has 0 saturated heterocycles.